The van der Waals surface area contributed by atoms with Gasteiger partial charge in [-0.1, -0.05) is 31.4 Å². The van der Waals surface area contributed by atoms with Crippen molar-refractivity contribution >= 4 is 12.7 Å². The predicted molar refractivity (Wildman–Crippen MR) is 59.8 cm³/mol. The Bertz CT molecular complexity index is 269. The zero-order chi connectivity index (χ0) is 9.84. The van der Waals surface area contributed by atoms with Crippen molar-refractivity contribution in [2.45, 2.75) is 27.1 Å². The zero-order valence-electron chi connectivity index (χ0n) is 8.98. The molecule has 0 radical (unpaired) electrons. The second-order valence-corrected chi connectivity index (χ2v) is 3.32. The molecule has 0 fully saturated rings. The summed E-state index contributed by atoms with van der Waals surface area (Å²) in [7, 11) is 2.79. The Morgan fingerprint density at radius 3 is 2.54 bits per heavy atom. The quantitative estimate of drug-likeness (QED) is 0.636. The molecule has 0 amide bonds. The van der Waals surface area contributed by atoms with Crippen molar-refractivity contribution in [3.63, 3.8) is 0 Å². The van der Waals surface area contributed by atoms with E-state index in [1.165, 1.54) is 16.6 Å². The second kappa shape index (κ2) is 4.36. The summed E-state index contributed by atoms with van der Waals surface area (Å²) in [6.45, 7) is 6.46. The van der Waals surface area contributed by atoms with Crippen LogP contribution < -0.4 is 10.2 Å². The SMILES string of the molecule is CBc1cc(C)cc(CC)c1OC. The lowest BCUT2D eigenvalue weighted by atomic mass is 9.71. The highest BCUT2D eigenvalue weighted by molar-refractivity contribution is 6.53. The molecule has 1 aromatic carbocycles. The van der Waals surface area contributed by atoms with Crippen molar-refractivity contribution in [3.05, 3.63) is 23.3 Å². The van der Waals surface area contributed by atoms with Crippen LogP contribution in [0, 0.1) is 6.92 Å². The maximum Gasteiger partial charge on any atom is 0.159 e. The first kappa shape index (κ1) is 10.2. The van der Waals surface area contributed by atoms with Gasteiger partial charge in [0, 0.05) is 0 Å². The summed E-state index contributed by atoms with van der Waals surface area (Å²) < 4.78 is 5.41. The van der Waals surface area contributed by atoms with Gasteiger partial charge in [0.2, 0.25) is 0 Å². The Hall–Kier alpha value is -0.915. The summed E-state index contributed by atoms with van der Waals surface area (Å²) in [4.78, 5) is 0. The molecule has 13 heavy (non-hydrogen) atoms. The molecule has 0 saturated heterocycles. The smallest absolute Gasteiger partial charge is 0.159 e. The highest BCUT2D eigenvalue weighted by Gasteiger charge is 2.07. The van der Waals surface area contributed by atoms with E-state index in [-0.39, 0.29) is 0 Å². The first-order chi connectivity index (χ1) is 6.22. The normalized spacial score (nSPS) is 9.85. The molecule has 0 aliphatic heterocycles. The summed E-state index contributed by atoms with van der Waals surface area (Å²) in [5.41, 5.74) is 3.97. The first-order valence-electron chi connectivity index (χ1n) is 4.89. The molecule has 0 heterocycles. The molecule has 0 bridgehead atoms. The lowest BCUT2D eigenvalue weighted by Crippen LogP contribution is -2.16. The molecule has 0 aliphatic rings. The standard InChI is InChI=1S/C11H17BO/c1-5-9-6-8(2)7-10(12-3)11(9)13-4/h6-7,12H,5H2,1-4H3. The molecule has 1 aromatic rings. The van der Waals surface area contributed by atoms with E-state index >= 15 is 0 Å². The van der Waals surface area contributed by atoms with Gasteiger partial charge < -0.3 is 4.74 Å². The van der Waals surface area contributed by atoms with Crippen LogP contribution in [0.3, 0.4) is 0 Å². The van der Waals surface area contributed by atoms with Crippen molar-refractivity contribution in [1.29, 1.82) is 0 Å². The molecule has 0 atom stereocenters. The Labute approximate surface area is 81.4 Å². The van der Waals surface area contributed by atoms with E-state index < -0.39 is 0 Å². The van der Waals surface area contributed by atoms with Crippen molar-refractivity contribution in [3.8, 4) is 5.75 Å². The molecule has 0 N–H and O–H groups in total. The van der Waals surface area contributed by atoms with E-state index in [4.69, 9.17) is 4.74 Å². The van der Waals surface area contributed by atoms with Crippen LogP contribution in [0.4, 0.5) is 0 Å². The van der Waals surface area contributed by atoms with Gasteiger partial charge in [-0.05, 0) is 24.4 Å². The maximum absolute atomic E-state index is 5.41. The molecule has 0 aliphatic carbocycles. The minimum Gasteiger partial charge on any atom is -0.497 e. The molecule has 2 heteroatoms. The highest BCUT2D eigenvalue weighted by atomic mass is 16.5. The molecule has 1 nitrogen and oxygen atoms in total. The first-order valence-corrected chi connectivity index (χ1v) is 4.89. The number of hydrogen-bond donors (Lipinski definition) is 0. The molecular formula is C11H17BO. The van der Waals surface area contributed by atoms with Crippen molar-refractivity contribution in [2.24, 2.45) is 0 Å². The van der Waals surface area contributed by atoms with E-state index in [9.17, 15) is 0 Å². The Kier molecular flexibility index (Phi) is 3.41. The Balaban J connectivity index is 3.25. The fourth-order valence-corrected chi connectivity index (χ4v) is 1.72. The van der Waals surface area contributed by atoms with Crippen LogP contribution in [0.1, 0.15) is 18.1 Å². The zero-order valence-corrected chi connectivity index (χ0v) is 8.98. The number of hydrogen-bond acceptors (Lipinski definition) is 1. The maximum atomic E-state index is 5.41. The van der Waals surface area contributed by atoms with Gasteiger partial charge in [0.25, 0.3) is 0 Å². The van der Waals surface area contributed by atoms with Crippen LogP contribution in [-0.4, -0.2) is 14.4 Å². The van der Waals surface area contributed by atoms with Crippen molar-refractivity contribution < 1.29 is 4.74 Å². The summed E-state index contributed by atoms with van der Waals surface area (Å²) in [5, 5.41) is 0. The largest absolute Gasteiger partial charge is 0.497 e. The lowest BCUT2D eigenvalue weighted by molar-refractivity contribution is 0.413. The van der Waals surface area contributed by atoms with Gasteiger partial charge in [-0.15, -0.1) is 0 Å². The van der Waals surface area contributed by atoms with Crippen LogP contribution in [0.5, 0.6) is 5.75 Å². The summed E-state index contributed by atoms with van der Waals surface area (Å²) in [5.74, 6) is 1.08. The molecule has 0 aromatic heterocycles. The van der Waals surface area contributed by atoms with E-state index in [0.29, 0.717) is 0 Å². The molecule has 0 spiro atoms. The average Bonchev–Trinajstić information content (AvgIpc) is 2.16. The lowest BCUT2D eigenvalue weighted by Gasteiger charge is -2.12. The van der Waals surface area contributed by atoms with Crippen LogP contribution in [0.15, 0.2) is 12.1 Å². The van der Waals surface area contributed by atoms with Gasteiger partial charge in [0.15, 0.2) is 7.28 Å². The second-order valence-electron chi connectivity index (χ2n) is 3.32. The van der Waals surface area contributed by atoms with Crippen LogP contribution in [-0.2, 0) is 6.42 Å². The minimum atomic E-state index is 1.04. The number of ether oxygens (including phenoxy) is 1. The third-order valence-electron chi connectivity index (χ3n) is 2.35. The molecule has 0 saturated carbocycles. The van der Waals surface area contributed by atoms with Gasteiger partial charge in [-0.25, -0.2) is 0 Å². The predicted octanol–water partition coefficient (Wildman–Crippen LogP) is 1.68. The third kappa shape index (κ3) is 2.06. The third-order valence-corrected chi connectivity index (χ3v) is 2.35. The minimum absolute atomic E-state index is 1.04. The van der Waals surface area contributed by atoms with Crippen LogP contribution >= 0.6 is 0 Å². The topological polar surface area (TPSA) is 9.23 Å². The van der Waals surface area contributed by atoms with Gasteiger partial charge in [0.05, 0.1) is 7.11 Å². The van der Waals surface area contributed by atoms with E-state index in [2.05, 4.69) is 32.8 Å². The summed E-state index contributed by atoms with van der Waals surface area (Å²) >= 11 is 0. The monoisotopic (exact) mass is 176 g/mol. The van der Waals surface area contributed by atoms with Crippen LogP contribution in [0.2, 0.25) is 6.82 Å². The molecule has 1 rings (SSSR count). The number of benzene rings is 1. The van der Waals surface area contributed by atoms with Crippen molar-refractivity contribution in [2.75, 3.05) is 7.11 Å². The highest BCUT2D eigenvalue weighted by Crippen LogP contribution is 2.17. The van der Waals surface area contributed by atoms with E-state index in [1.807, 2.05) is 0 Å². The fourth-order valence-electron chi connectivity index (χ4n) is 1.72. The Morgan fingerprint density at radius 2 is 2.08 bits per heavy atom. The van der Waals surface area contributed by atoms with Crippen molar-refractivity contribution in [1.82, 2.24) is 0 Å². The van der Waals surface area contributed by atoms with Crippen LogP contribution in [0.25, 0.3) is 0 Å². The summed E-state index contributed by atoms with van der Waals surface area (Å²) in [6.07, 6.45) is 1.04. The Morgan fingerprint density at radius 1 is 1.38 bits per heavy atom. The fraction of sp³-hybridized carbons (Fsp3) is 0.455. The van der Waals surface area contributed by atoms with Gasteiger partial charge in [0.1, 0.15) is 5.75 Å². The van der Waals surface area contributed by atoms with E-state index in [0.717, 1.165) is 19.4 Å². The number of aryl methyl sites for hydroxylation is 2. The van der Waals surface area contributed by atoms with Gasteiger partial charge in [-0.3, -0.25) is 0 Å². The molecule has 0 unspecified atom stereocenters. The molecular weight excluding hydrogens is 159 g/mol. The molecule has 70 valence electrons. The number of rotatable bonds is 3. The van der Waals surface area contributed by atoms with E-state index in [1.54, 1.807) is 7.11 Å². The summed E-state index contributed by atoms with van der Waals surface area (Å²) in [6, 6.07) is 4.41. The van der Waals surface area contributed by atoms with Gasteiger partial charge in [-0.2, -0.15) is 0 Å². The average molecular weight is 176 g/mol. The number of methoxy groups -OCH3 is 1. The van der Waals surface area contributed by atoms with Gasteiger partial charge >= 0.3 is 0 Å².